The van der Waals surface area contributed by atoms with Gasteiger partial charge in [-0.15, -0.1) is 0 Å². The van der Waals surface area contributed by atoms with Crippen LogP contribution < -0.4 is 14.8 Å². The number of carbonyl (C=O) groups is 1. The lowest BCUT2D eigenvalue weighted by Crippen LogP contribution is -2.17. The van der Waals surface area contributed by atoms with Gasteiger partial charge in [-0.05, 0) is 54.1 Å². The SMILES string of the molecule is COc1ccc(-n2nc(-c3ccc(Cl)cc3)cc2NC(=O)Cc2cccc(OC)c2)cc1. The predicted molar refractivity (Wildman–Crippen MR) is 126 cm³/mol. The zero-order valence-corrected chi connectivity index (χ0v) is 18.5. The Kier molecular flexibility index (Phi) is 6.42. The number of halogens is 1. The second-order valence-electron chi connectivity index (χ2n) is 7.11. The summed E-state index contributed by atoms with van der Waals surface area (Å²) in [6, 6.07) is 24.2. The van der Waals surface area contributed by atoms with Gasteiger partial charge in [0.1, 0.15) is 17.3 Å². The van der Waals surface area contributed by atoms with E-state index in [4.69, 9.17) is 26.2 Å². The van der Waals surface area contributed by atoms with E-state index in [1.165, 1.54) is 0 Å². The van der Waals surface area contributed by atoms with Gasteiger partial charge in [-0.1, -0.05) is 35.9 Å². The summed E-state index contributed by atoms with van der Waals surface area (Å²) < 4.78 is 12.2. The molecule has 0 saturated carbocycles. The first-order valence-corrected chi connectivity index (χ1v) is 10.4. The molecule has 0 saturated heterocycles. The van der Waals surface area contributed by atoms with Crippen LogP contribution in [0, 0.1) is 0 Å². The third-order valence-electron chi connectivity index (χ3n) is 4.93. The Balaban J connectivity index is 1.65. The van der Waals surface area contributed by atoms with Crippen LogP contribution in [-0.4, -0.2) is 29.9 Å². The van der Waals surface area contributed by atoms with Gasteiger partial charge in [-0.25, -0.2) is 4.68 Å². The average Bonchev–Trinajstić information content (AvgIpc) is 3.23. The Labute approximate surface area is 191 Å². The standard InChI is InChI=1S/C25H22ClN3O3/c1-31-21-12-10-20(11-13-21)29-24(16-23(28-29)18-6-8-19(26)9-7-18)27-25(30)15-17-4-3-5-22(14-17)32-2/h3-14,16H,15H2,1-2H3,(H,27,30). The summed E-state index contributed by atoms with van der Waals surface area (Å²) in [5.41, 5.74) is 3.26. The lowest BCUT2D eigenvalue weighted by atomic mass is 10.1. The molecule has 0 fully saturated rings. The molecule has 32 heavy (non-hydrogen) atoms. The smallest absolute Gasteiger partial charge is 0.229 e. The molecule has 0 atom stereocenters. The van der Waals surface area contributed by atoms with E-state index in [0.717, 1.165) is 22.6 Å². The normalized spacial score (nSPS) is 10.6. The Hall–Kier alpha value is -3.77. The van der Waals surface area contributed by atoms with E-state index in [1.807, 2.05) is 78.9 Å². The largest absolute Gasteiger partial charge is 0.497 e. The van der Waals surface area contributed by atoms with Crippen LogP contribution in [0.15, 0.2) is 78.9 Å². The van der Waals surface area contributed by atoms with E-state index in [2.05, 4.69) is 5.32 Å². The Morgan fingerprint density at radius 2 is 1.66 bits per heavy atom. The second kappa shape index (κ2) is 9.58. The van der Waals surface area contributed by atoms with E-state index in [-0.39, 0.29) is 12.3 Å². The minimum absolute atomic E-state index is 0.157. The van der Waals surface area contributed by atoms with Gasteiger partial charge < -0.3 is 14.8 Å². The number of carbonyl (C=O) groups excluding carboxylic acids is 1. The molecule has 0 aliphatic heterocycles. The molecule has 0 spiro atoms. The molecule has 0 unspecified atom stereocenters. The van der Waals surface area contributed by atoms with Gasteiger partial charge in [-0.3, -0.25) is 4.79 Å². The van der Waals surface area contributed by atoms with Crippen molar-refractivity contribution >= 4 is 23.3 Å². The fourth-order valence-corrected chi connectivity index (χ4v) is 3.43. The second-order valence-corrected chi connectivity index (χ2v) is 7.54. The van der Waals surface area contributed by atoms with E-state index in [9.17, 15) is 4.79 Å². The number of anilines is 1. The minimum Gasteiger partial charge on any atom is -0.497 e. The summed E-state index contributed by atoms with van der Waals surface area (Å²) in [4.78, 5) is 12.8. The highest BCUT2D eigenvalue weighted by atomic mass is 35.5. The molecule has 7 heteroatoms. The average molecular weight is 448 g/mol. The van der Waals surface area contributed by atoms with Crippen molar-refractivity contribution in [1.82, 2.24) is 9.78 Å². The molecule has 0 aliphatic rings. The summed E-state index contributed by atoms with van der Waals surface area (Å²) in [5, 5.41) is 8.36. The molecule has 4 rings (SSSR count). The predicted octanol–water partition coefficient (Wildman–Crippen LogP) is 5.39. The molecule has 1 amide bonds. The van der Waals surface area contributed by atoms with Crippen LogP contribution in [0.25, 0.3) is 16.9 Å². The number of nitrogens with zero attached hydrogens (tertiary/aromatic N) is 2. The first-order valence-electron chi connectivity index (χ1n) is 9.99. The summed E-state index contributed by atoms with van der Waals surface area (Å²) >= 11 is 6.02. The van der Waals surface area contributed by atoms with Gasteiger partial charge in [0.25, 0.3) is 0 Å². The molecule has 1 heterocycles. The number of hydrogen-bond donors (Lipinski definition) is 1. The zero-order valence-electron chi connectivity index (χ0n) is 17.7. The molecule has 0 bridgehead atoms. The highest BCUT2D eigenvalue weighted by molar-refractivity contribution is 6.30. The molecule has 3 aromatic carbocycles. The zero-order chi connectivity index (χ0) is 22.5. The first-order chi connectivity index (χ1) is 15.6. The molecule has 0 radical (unpaired) electrons. The van der Waals surface area contributed by atoms with Crippen molar-refractivity contribution in [2.45, 2.75) is 6.42 Å². The van der Waals surface area contributed by atoms with E-state index >= 15 is 0 Å². The van der Waals surface area contributed by atoms with Crippen LogP contribution in [0.1, 0.15) is 5.56 Å². The van der Waals surface area contributed by atoms with Crippen LogP contribution in [0.2, 0.25) is 5.02 Å². The lowest BCUT2D eigenvalue weighted by molar-refractivity contribution is -0.115. The van der Waals surface area contributed by atoms with Crippen LogP contribution in [0.5, 0.6) is 11.5 Å². The Bertz CT molecular complexity index is 1220. The van der Waals surface area contributed by atoms with Gasteiger partial charge in [0.15, 0.2) is 0 Å². The summed E-state index contributed by atoms with van der Waals surface area (Å²) in [6.45, 7) is 0. The molecule has 4 aromatic rings. The van der Waals surface area contributed by atoms with E-state index in [0.29, 0.717) is 22.3 Å². The molecular weight excluding hydrogens is 426 g/mol. The topological polar surface area (TPSA) is 65.4 Å². The summed E-state index contributed by atoms with van der Waals surface area (Å²) in [5.74, 6) is 1.86. The van der Waals surface area contributed by atoms with Crippen molar-refractivity contribution in [3.05, 3.63) is 89.4 Å². The Morgan fingerprint density at radius 1 is 0.938 bits per heavy atom. The minimum atomic E-state index is -0.157. The van der Waals surface area contributed by atoms with E-state index in [1.54, 1.807) is 18.9 Å². The quantitative estimate of drug-likeness (QED) is 0.412. The van der Waals surface area contributed by atoms with Crippen molar-refractivity contribution in [3.63, 3.8) is 0 Å². The summed E-state index contributed by atoms with van der Waals surface area (Å²) in [7, 11) is 3.22. The van der Waals surface area contributed by atoms with Crippen molar-refractivity contribution in [2.24, 2.45) is 0 Å². The highest BCUT2D eigenvalue weighted by Crippen LogP contribution is 2.27. The summed E-state index contributed by atoms with van der Waals surface area (Å²) in [6.07, 6.45) is 0.210. The van der Waals surface area contributed by atoms with Gasteiger partial charge >= 0.3 is 0 Å². The molecule has 0 aliphatic carbocycles. The van der Waals surface area contributed by atoms with Gasteiger partial charge in [-0.2, -0.15) is 5.10 Å². The number of aromatic nitrogens is 2. The van der Waals surface area contributed by atoms with Crippen molar-refractivity contribution < 1.29 is 14.3 Å². The maximum Gasteiger partial charge on any atom is 0.229 e. The third-order valence-corrected chi connectivity index (χ3v) is 5.18. The van der Waals surface area contributed by atoms with Gasteiger partial charge in [0, 0.05) is 16.7 Å². The number of amides is 1. The Morgan fingerprint density at radius 3 is 2.34 bits per heavy atom. The maximum atomic E-state index is 12.8. The molecule has 162 valence electrons. The molecule has 1 aromatic heterocycles. The van der Waals surface area contributed by atoms with Crippen molar-refractivity contribution in [2.75, 3.05) is 19.5 Å². The van der Waals surface area contributed by atoms with Crippen LogP contribution in [0.4, 0.5) is 5.82 Å². The van der Waals surface area contributed by atoms with Crippen molar-refractivity contribution in [3.8, 4) is 28.4 Å². The molecule has 6 nitrogen and oxygen atoms in total. The molecular formula is C25H22ClN3O3. The van der Waals surface area contributed by atoms with Crippen molar-refractivity contribution in [1.29, 1.82) is 0 Å². The maximum absolute atomic E-state index is 12.8. The third kappa shape index (κ3) is 4.92. The molecule has 1 N–H and O–H groups in total. The lowest BCUT2D eigenvalue weighted by Gasteiger charge is -2.10. The highest BCUT2D eigenvalue weighted by Gasteiger charge is 2.15. The first kappa shape index (κ1) is 21.5. The number of methoxy groups -OCH3 is 2. The fraction of sp³-hybridized carbons (Fsp3) is 0.120. The van der Waals surface area contributed by atoms with Gasteiger partial charge in [0.05, 0.1) is 32.0 Å². The number of benzene rings is 3. The number of nitrogens with one attached hydrogen (secondary N) is 1. The van der Waals surface area contributed by atoms with Crippen LogP contribution >= 0.6 is 11.6 Å². The number of hydrogen-bond acceptors (Lipinski definition) is 4. The fourth-order valence-electron chi connectivity index (χ4n) is 3.31. The monoisotopic (exact) mass is 447 g/mol. The van der Waals surface area contributed by atoms with Crippen LogP contribution in [-0.2, 0) is 11.2 Å². The number of rotatable bonds is 7. The number of ether oxygens (including phenoxy) is 2. The van der Waals surface area contributed by atoms with Crippen LogP contribution in [0.3, 0.4) is 0 Å². The van der Waals surface area contributed by atoms with Gasteiger partial charge in [0.2, 0.25) is 5.91 Å². The van der Waals surface area contributed by atoms with E-state index < -0.39 is 0 Å².